The fourth-order valence-electron chi connectivity index (χ4n) is 1.52. The summed E-state index contributed by atoms with van der Waals surface area (Å²) in [5.41, 5.74) is 0.661. The van der Waals surface area contributed by atoms with Crippen LogP contribution in [0.15, 0.2) is 35.7 Å². The molecule has 0 fully saturated rings. The molecular formula is C14H21NO3S. The lowest BCUT2D eigenvalue weighted by Gasteiger charge is -2.10. The van der Waals surface area contributed by atoms with Gasteiger partial charge in [0.1, 0.15) is 5.76 Å². The molecule has 0 bridgehead atoms. The zero-order valence-corrected chi connectivity index (χ0v) is 12.5. The van der Waals surface area contributed by atoms with Crippen molar-refractivity contribution in [3.8, 4) is 0 Å². The first-order valence-electron chi connectivity index (χ1n) is 6.20. The zero-order valence-electron chi connectivity index (χ0n) is 11.6. The lowest BCUT2D eigenvalue weighted by Crippen LogP contribution is -2.25. The summed E-state index contributed by atoms with van der Waals surface area (Å²) in [4.78, 5) is 0.229. The summed E-state index contributed by atoms with van der Waals surface area (Å²) in [5, 5.41) is 0. The summed E-state index contributed by atoms with van der Waals surface area (Å²) in [6.07, 6.45) is 0.809. The first-order valence-corrected chi connectivity index (χ1v) is 7.68. The molecule has 0 aliphatic carbocycles. The van der Waals surface area contributed by atoms with E-state index in [1.807, 2.05) is 0 Å². The zero-order chi connectivity index (χ0) is 14.5. The maximum Gasteiger partial charge on any atom is 0.240 e. The third-order valence-corrected chi connectivity index (χ3v) is 4.19. The molecule has 106 valence electrons. The molecule has 4 nitrogen and oxygen atoms in total. The summed E-state index contributed by atoms with van der Waals surface area (Å²) in [6.45, 7) is 8.26. The highest BCUT2D eigenvalue weighted by molar-refractivity contribution is 7.89. The van der Waals surface area contributed by atoms with Crippen LogP contribution in [0.1, 0.15) is 25.8 Å². The average Bonchev–Trinajstić information content (AvgIpc) is 2.37. The van der Waals surface area contributed by atoms with E-state index in [9.17, 15) is 8.42 Å². The van der Waals surface area contributed by atoms with E-state index >= 15 is 0 Å². The Morgan fingerprint density at radius 1 is 1.42 bits per heavy atom. The predicted molar refractivity (Wildman–Crippen MR) is 77.1 cm³/mol. The van der Waals surface area contributed by atoms with Crippen LogP contribution in [-0.4, -0.2) is 22.1 Å². The molecule has 1 rings (SSSR count). The highest BCUT2D eigenvalue weighted by Gasteiger charge is 2.14. The van der Waals surface area contributed by atoms with Crippen molar-refractivity contribution >= 4 is 15.8 Å². The Bertz CT molecular complexity index is 535. The minimum atomic E-state index is -3.47. The molecule has 0 aromatic heterocycles. The summed E-state index contributed by atoms with van der Waals surface area (Å²) in [5.74, 6) is 0.904. The quantitative estimate of drug-likeness (QED) is 0.783. The standard InChI is InChI=1S/C14H21NO3S/c1-11(2)8-9-15-19(16,17)14-7-5-6-13(10-14)12(3)18-4/h5-7,10-11,15H,3,8-9H2,1-2,4H3. The second kappa shape index (κ2) is 6.73. The number of benzene rings is 1. The van der Waals surface area contributed by atoms with E-state index in [1.54, 1.807) is 24.3 Å². The molecule has 0 aliphatic rings. The van der Waals surface area contributed by atoms with Crippen molar-refractivity contribution in [2.75, 3.05) is 13.7 Å². The molecule has 0 unspecified atom stereocenters. The van der Waals surface area contributed by atoms with Crippen LogP contribution in [0.5, 0.6) is 0 Å². The van der Waals surface area contributed by atoms with Crippen molar-refractivity contribution < 1.29 is 13.2 Å². The Balaban J connectivity index is 2.86. The number of methoxy groups -OCH3 is 1. The molecule has 0 heterocycles. The van der Waals surface area contributed by atoms with Crippen LogP contribution in [0.25, 0.3) is 5.76 Å². The molecule has 0 radical (unpaired) electrons. The van der Waals surface area contributed by atoms with Gasteiger partial charge in [-0.3, -0.25) is 0 Å². The van der Waals surface area contributed by atoms with E-state index in [0.29, 0.717) is 23.8 Å². The number of rotatable bonds is 7. The fraction of sp³-hybridized carbons (Fsp3) is 0.429. The van der Waals surface area contributed by atoms with Gasteiger partial charge < -0.3 is 4.74 Å². The first kappa shape index (κ1) is 15.7. The summed E-state index contributed by atoms with van der Waals surface area (Å²) < 4.78 is 31.8. The maximum atomic E-state index is 12.1. The van der Waals surface area contributed by atoms with Crippen molar-refractivity contribution in [2.24, 2.45) is 5.92 Å². The van der Waals surface area contributed by atoms with Crippen molar-refractivity contribution in [2.45, 2.75) is 25.2 Å². The molecule has 1 aromatic rings. The van der Waals surface area contributed by atoms with E-state index in [4.69, 9.17) is 4.74 Å². The van der Waals surface area contributed by atoms with Crippen LogP contribution in [-0.2, 0) is 14.8 Å². The molecule has 19 heavy (non-hydrogen) atoms. The van der Waals surface area contributed by atoms with Gasteiger partial charge in [0.25, 0.3) is 0 Å². The Morgan fingerprint density at radius 2 is 2.11 bits per heavy atom. The maximum absolute atomic E-state index is 12.1. The van der Waals surface area contributed by atoms with Gasteiger partial charge in [0.2, 0.25) is 10.0 Å². The number of hydrogen-bond donors (Lipinski definition) is 1. The Morgan fingerprint density at radius 3 is 2.68 bits per heavy atom. The number of ether oxygens (including phenoxy) is 1. The van der Waals surface area contributed by atoms with Crippen molar-refractivity contribution in [3.63, 3.8) is 0 Å². The number of sulfonamides is 1. The van der Waals surface area contributed by atoms with Gasteiger partial charge in [0.15, 0.2) is 0 Å². The van der Waals surface area contributed by atoms with Gasteiger partial charge in [-0.2, -0.15) is 0 Å². The lowest BCUT2D eigenvalue weighted by molar-refractivity contribution is 0.371. The van der Waals surface area contributed by atoms with Gasteiger partial charge in [-0.05, 0) is 24.5 Å². The Kier molecular flexibility index (Phi) is 5.57. The Labute approximate surface area is 115 Å². The van der Waals surface area contributed by atoms with E-state index in [-0.39, 0.29) is 4.90 Å². The van der Waals surface area contributed by atoms with Crippen molar-refractivity contribution in [1.29, 1.82) is 0 Å². The van der Waals surface area contributed by atoms with Gasteiger partial charge in [0.05, 0.1) is 12.0 Å². The number of nitrogens with one attached hydrogen (secondary N) is 1. The minimum absolute atomic E-state index is 0.229. The highest BCUT2D eigenvalue weighted by atomic mass is 32.2. The van der Waals surface area contributed by atoms with Gasteiger partial charge in [0, 0.05) is 12.1 Å². The lowest BCUT2D eigenvalue weighted by atomic mass is 10.1. The van der Waals surface area contributed by atoms with E-state index < -0.39 is 10.0 Å². The molecule has 0 aliphatic heterocycles. The van der Waals surface area contributed by atoms with Crippen LogP contribution in [0.4, 0.5) is 0 Å². The number of hydrogen-bond acceptors (Lipinski definition) is 3. The SMILES string of the molecule is C=C(OC)c1cccc(S(=O)(=O)NCCC(C)C)c1. The second-order valence-electron chi connectivity index (χ2n) is 4.74. The first-order chi connectivity index (χ1) is 8.86. The van der Waals surface area contributed by atoms with E-state index in [1.165, 1.54) is 7.11 Å². The van der Waals surface area contributed by atoms with Crippen molar-refractivity contribution in [3.05, 3.63) is 36.4 Å². The Hall–Kier alpha value is -1.33. The minimum Gasteiger partial charge on any atom is -0.497 e. The van der Waals surface area contributed by atoms with Crippen LogP contribution in [0.2, 0.25) is 0 Å². The molecule has 0 spiro atoms. The monoisotopic (exact) mass is 283 g/mol. The molecular weight excluding hydrogens is 262 g/mol. The topological polar surface area (TPSA) is 55.4 Å². The molecule has 1 aromatic carbocycles. The largest absolute Gasteiger partial charge is 0.497 e. The van der Waals surface area contributed by atoms with E-state index in [0.717, 1.165) is 6.42 Å². The van der Waals surface area contributed by atoms with Gasteiger partial charge in [-0.15, -0.1) is 0 Å². The summed E-state index contributed by atoms with van der Waals surface area (Å²) in [6, 6.07) is 6.56. The van der Waals surface area contributed by atoms with Crippen LogP contribution < -0.4 is 4.72 Å². The van der Waals surface area contributed by atoms with Crippen LogP contribution in [0, 0.1) is 5.92 Å². The smallest absolute Gasteiger partial charge is 0.240 e. The van der Waals surface area contributed by atoms with Crippen LogP contribution >= 0.6 is 0 Å². The molecule has 0 saturated heterocycles. The fourth-order valence-corrected chi connectivity index (χ4v) is 2.61. The predicted octanol–water partition coefficient (Wildman–Crippen LogP) is 2.63. The third-order valence-electron chi connectivity index (χ3n) is 2.73. The van der Waals surface area contributed by atoms with Gasteiger partial charge >= 0.3 is 0 Å². The van der Waals surface area contributed by atoms with Crippen LogP contribution in [0.3, 0.4) is 0 Å². The molecule has 5 heteroatoms. The van der Waals surface area contributed by atoms with Gasteiger partial charge in [-0.1, -0.05) is 32.6 Å². The van der Waals surface area contributed by atoms with E-state index in [2.05, 4.69) is 25.1 Å². The molecule has 1 N–H and O–H groups in total. The summed E-state index contributed by atoms with van der Waals surface area (Å²) in [7, 11) is -1.96. The molecule has 0 amide bonds. The summed E-state index contributed by atoms with van der Waals surface area (Å²) >= 11 is 0. The third kappa shape index (κ3) is 4.69. The second-order valence-corrected chi connectivity index (χ2v) is 6.50. The van der Waals surface area contributed by atoms with Gasteiger partial charge in [-0.25, -0.2) is 13.1 Å². The molecule has 0 saturated carbocycles. The average molecular weight is 283 g/mol. The molecule has 0 atom stereocenters. The highest BCUT2D eigenvalue weighted by Crippen LogP contribution is 2.17. The van der Waals surface area contributed by atoms with Crippen molar-refractivity contribution in [1.82, 2.24) is 4.72 Å². The normalized spacial score (nSPS) is 11.6.